The van der Waals surface area contributed by atoms with Gasteiger partial charge in [0.05, 0.1) is 6.54 Å². The number of rotatable bonds is 5. The summed E-state index contributed by atoms with van der Waals surface area (Å²) in [6.45, 7) is 4.43. The van der Waals surface area contributed by atoms with Gasteiger partial charge in [-0.3, -0.25) is 9.59 Å². The predicted molar refractivity (Wildman–Crippen MR) is 83.1 cm³/mol. The van der Waals surface area contributed by atoms with Crippen LogP contribution in [-0.2, 0) is 19.4 Å². The molecule has 126 valence electrons. The first-order chi connectivity index (χ1) is 10.3. The molecule has 2 heterocycles. The van der Waals surface area contributed by atoms with Crippen molar-refractivity contribution < 1.29 is 18.0 Å². The number of hydrogen-bond donors (Lipinski definition) is 1. The molecule has 2 fully saturated rings. The van der Waals surface area contributed by atoms with E-state index in [9.17, 15) is 18.0 Å². The van der Waals surface area contributed by atoms with Crippen molar-refractivity contribution >= 4 is 21.7 Å². The molecule has 2 saturated heterocycles. The molecule has 2 amide bonds. The Hall–Kier alpha value is -1.15. The molecule has 1 N–H and O–H groups in total. The maximum Gasteiger partial charge on any atom is 0.240 e. The molecule has 0 aromatic rings. The van der Waals surface area contributed by atoms with Gasteiger partial charge in [0.2, 0.25) is 11.8 Å². The monoisotopic (exact) mass is 331 g/mol. The van der Waals surface area contributed by atoms with Gasteiger partial charge in [-0.2, -0.15) is 0 Å². The van der Waals surface area contributed by atoms with Gasteiger partial charge >= 0.3 is 0 Å². The number of carbonyl (C=O) groups is 2. The number of hydrogen-bond acceptors (Lipinski definition) is 5. The Kier molecular flexibility index (Phi) is 5.44. The summed E-state index contributed by atoms with van der Waals surface area (Å²) in [7, 11) is -3.37. The summed E-state index contributed by atoms with van der Waals surface area (Å²) in [6, 6.07) is 0.0506. The lowest BCUT2D eigenvalue weighted by atomic mass is 10.1. The van der Waals surface area contributed by atoms with Crippen molar-refractivity contribution in [3.05, 3.63) is 0 Å². The SMILES string of the molecule is CC(C(=O)N1CCCC(NCC(=O)N2CCC2)C1)S(C)(=O)=O. The van der Waals surface area contributed by atoms with Gasteiger partial charge in [-0.25, -0.2) is 8.42 Å². The van der Waals surface area contributed by atoms with Gasteiger partial charge in [-0.05, 0) is 26.2 Å². The Labute approximate surface area is 131 Å². The lowest BCUT2D eigenvalue weighted by Gasteiger charge is -2.35. The molecule has 2 atom stereocenters. The van der Waals surface area contributed by atoms with Crippen molar-refractivity contribution in [1.82, 2.24) is 15.1 Å². The zero-order valence-electron chi connectivity index (χ0n) is 13.2. The summed E-state index contributed by atoms with van der Waals surface area (Å²) in [5.74, 6) is -0.248. The van der Waals surface area contributed by atoms with Crippen LogP contribution in [0.2, 0.25) is 0 Å². The lowest BCUT2D eigenvalue weighted by Crippen LogP contribution is -2.54. The summed E-state index contributed by atoms with van der Waals surface area (Å²) in [5.41, 5.74) is 0. The third-order valence-electron chi connectivity index (χ3n) is 4.47. The van der Waals surface area contributed by atoms with Gasteiger partial charge in [0.25, 0.3) is 0 Å². The highest BCUT2D eigenvalue weighted by Gasteiger charge is 2.31. The minimum Gasteiger partial charge on any atom is -0.341 e. The Morgan fingerprint density at radius 3 is 2.36 bits per heavy atom. The van der Waals surface area contributed by atoms with Crippen molar-refractivity contribution in [1.29, 1.82) is 0 Å². The van der Waals surface area contributed by atoms with E-state index < -0.39 is 15.1 Å². The maximum absolute atomic E-state index is 12.2. The van der Waals surface area contributed by atoms with Crippen LogP contribution < -0.4 is 5.32 Å². The largest absolute Gasteiger partial charge is 0.341 e. The van der Waals surface area contributed by atoms with Gasteiger partial charge in [-0.1, -0.05) is 0 Å². The van der Waals surface area contributed by atoms with Gasteiger partial charge in [-0.15, -0.1) is 0 Å². The fraction of sp³-hybridized carbons (Fsp3) is 0.857. The highest BCUT2D eigenvalue weighted by Crippen LogP contribution is 2.14. The molecule has 8 heteroatoms. The Morgan fingerprint density at radius 1 is 1.18 bits per heavy atom. The lowest BCUT2D eigenvalue weighted by molar-refractivity contribution is -0.133. The number of nitrogens with zero attached hydrogens (tertiary/aromatic N) is 2. The van der Waals surface area contributed by atoms with Crippen molar-refractivity contribution in [3.8, 4) is 0 Å². The maximum atomic E-state index is 12.2. The molecular weight excluding hydrogens is 306 g/mol. The molecule has 0 aromatic heterocycles. The van der Waals surface area contributed by atoms with Crippen LogP contribution in [0.4, 0.5) is 0 Å². The number of amides is 2. The first-order valence-corrected chi connectivity index (χ1v) is 9.73. The van der Waals surface area contributed by atoms with Crippen molar-refractivity contribution in [2.75, 3.05) is 39.0 Å². The van der Waals surface area contributed by atoms with E-state index in [4.69, 9.17) is 0 Å². The molecule has 0 bridgehead atoms. The number of nitrogens with one attached hydrogen (secondary N) is 1. The van der Waals surface area contributed by atoms with Crippen LogP contribution >= 0.6 is 0 Å². The first kappa shape index (κ1) is 17.2. The van der Waals surface area contributed by atoms with Crippen LogP contribution in [0, 0.1) is 0 Å². The molecule has 0 aromatic carbocycles. The molecule has 0 spiro atoms. The predicted octanol–water partition coefficient (Wildman–Crippen LogP) is -0.768. The minimum absolute atomic E-state index is 0.0506. The standard InChI is InChI=1S/C14H25N3O4S/c1-11(22(2,20)21)14(19)17-6-3-5-12(10-17)15-9-13(18)16-7-4-8-16/h11-12,15H,3-10H2,1-2H3. The molecule has 2 rings (SSSR count). The Morgan fingerprint density at radius 2 is 1.82 bits per heavy atom. The molecule has 0 radical (unpaired) electrons. The Bertz CT molecular complexity index is 530. The summed E-state index contributed by atoms with van der Waals surface area (Å²) in [6.07, 6.45) is 3.86. The molecule has 2 aliphatic rings. The van der Waals surface area contributed by atoms with E-state index in [1.54, 1.807) is 4.90 Å². The van der Waals surface area contributed by atoms with Crippen molar-refractivity contribution in [2.45, 2.75) is 37.5 Å². The van der Waals surface area contributed by atoms with Crippen LogP contribution in [0.3, 0.4) is 0 Å². The van der Waals surface area contributed by atoms with E-state index in [-0.39, 0.29) is 24.4 Å². The second kappa shape index (κ2) is 6.95. The van der Waals surface area contributed by atoms with Crippen LogP contribution in [0.1, 0.15) is 26.2 Å². The fourth-order valence-electron chi connectivity index (χ4n) is 2.69. The Balaban J connectivity index is 1.83. The summed E-state index contributed by atoms with van der Waals surface area (Å²) in [5, 5.41) is 2.19. The van der Waals surface area contributed by atoms with Crippen LogP contribution in [0.15, 0.2) is 0 Å². The third-order valence-corrected chi connectivity index (χ3v) is 5.96. The minimum atomic E-state index is -3.37. The highest BCUT2D eigenvalue weighted by atomic mass is 32.2. The summed E-state index contributed by atoms with van der Waals surface area (Å²) < 4.78 is 23.0. The zero-order chi connectivity index (χ0) is 16.3. The van der Waals surface area contributed by atoms with Gasteiger partial charge in [0, 0.05) is 38.5 Å². The van der Waals surface area contributed by atoms with Gasteiger partial charge in [0.15, 0.2) is 9.84 Å². The quantitative estimate of drug-likeness (QED) is 0.715. The average Bonchev–Trinajstić information content (AvgIpc) is 2.41. The second-order valence-corrected chi connectivity index (χ2v) is 8.58. The topological polar surface area (TPSA) is 86.8 Å². The molecule has 22 heavy (non-hydrogen) atoms. The van der Waals surface area contributed by atoms with Gasteiger partial charge < -0.3 is 15.1 Å². The summed E-state index contributed by atoms with van der Waals surface area (Å²) >= 11 is 0. The van der Waals surface area contributed by atoms with Crippen LogP contribution in [-0.4, -0.2) is 80.3 Å². The van der Waals surface area contributed by atoms with E-state index in [0.717, 1.165) is 38.6 Å². The number of carbonyl (C=O) groups excluding carboxylic acids is 2. The first-order valence-electron chi connectivity index (χ1n) is 7.78. The number of sulfone groups is 1. The highest BCUT2D eigenvalue weighted by molar-refractivity contribution is 7.92. The van der Waals surface area contributed by atoms with Crippen LogP contribution in [0.25, 0.3) is 0 Å². The molecule has 0 saturated carbocycles. The van der Waals surface area contributed by atoms with Crippen LogP contribution in [0.5, 0.6) is 0 Å². The number of likely N-dealkylation sites (tertiary alicyclic amines) is 2. The third kappa shape index (κ3) is 4.19. The average molecular weight is 331 g/mol. The molecule has 7 nitrogen and oxygen atoms in total. The van der Waals surface area contributed by atoms with E-state index in [2.05, 4.69) is 5.32 Å². The normalized spacial score (nSPS) is 23.8. The van der Waals surface area contributed by atoms with E-state index in [0.29, 0.717) is 13.1 Å². The molecule has 2 aliphatic heterocycles. The molecule has 2 unspecified atom stereocenters. The van der Waals surface area contributed by atoms with E-state index in [1.165, 1.54) is 6.92 Å². The molecular formula is C14H25N3O4S. The summed E-state index contributed by atoms with van der Waals surface area (Å²) in [4.78, 5) is 27.5. The van der Waals surface area contributed by atoms with Crippen molar-refractivity contribution in [3.63, 3.8) is 0 Å². The second-order valence-electron chi connectivity index (χ2n) is 6.21. The number of piperidine rings is 1. The fourth-order valence-corrected chi connectivity index (χ4v) is 3.21. The smallest absolute Gasteiger partial charge is 0.240 e. The molecule has 0 aliphatic carbocycles. The zero-order valence-corrected chi connectivity index (χ0v) is 14.1. The van der Waals surface area contributed by atoms with Gasteiger partial charge in [0.1, 0.15) is 5.25 Å². The van der Waals surface area contributed by atoms with E-state index in [1.807, 2.05) is 4.90 Å². The van der Waals surface area contributed by atoms with E-state index >= 15 is 0 Å². The van der Waals surface area contributed by atoms with Crippen molar-refractivity contribution in [2.24, 2.45) is 0 Å².